The maximum absolute atomic E-state index is 5.57. The van der Waals surface area contributed by atoms with Crippen molar-refractivity contribution in [2.24, 2.45) is 0 Å². The van der Waals surface area contributed by atoms with Crippen molar-refractivity contribution in [3.63, 3.8) is 0 Å². The molecule has 1 aromatic rings. The molecular weight excluding hydrogens is 206 g/mol. The lowest BCUT2D eigenvalue weighted by molar-refractivity contribution is 0.000636. The smallest absolute Gasteiger partial charge is 0.218 e. The maximum Gasteiger partial charge on any atom is 0.218 e. The highest BCUT2D eigenvalue weighted by molar-refractivity contribution is 5.37. The Kier molecular flexibility index (Phi) is 4.49. The van der Waals surface area contributed by atoms with Gasteiger partial charge in [0, 0.05) is 19.2 Å². The highest BCUT2D eigenvalue weighted by Crippen LogP contribution is 2.13. The van der Waals surface area contributed by atoms with Crippen molar-refractivity contribution < 1.29 is 9.47 Å². The number of nitrogens with zero attached hydrogens (tertiary/aromatic N) is 2. The van der Waals surface area contributed by atoms with Crippen LogP contribution >= 0.6 is 0 Å². The molecule has 0 unspecified atom stereocenters. The molecule has 0 atom stereocenters. The summed E-state index contributed by atoms with van der Waals surface area (Å²) in [5.41, 5.74) is -0.215. The summed E-state index contributed by atoms with van der Waals surface area (Å²) in [4.78, 5) is 8.03. The summed E-state index contributed by atoms with van der Waals surface area (Å²) in [6.45, 7) is 7.42. The van der Waals surface area contributed by atoms with E-state index in [2.05, 4.69) is 15.3 Å². The molecule has 0 aliphatic heterocycles. The van der Waals surface area contributed by atoms with Gasteiger partial charge in [-0.15, -0.1) is 0 Å². The van der Waals surface area contributed by atoms with Gasteiger partial charge in [0.15, 0.2) is 0 Å². The number of hydrogen-bond acceptors (Lipinski definition) is 5. The maximum atomic E-state index is 5.57. The Labute approximate surface area is 96.2 Å². The minimum atomic E-state index is -0.215. The summed E-state index contributed by atoms with van der Waals surface area (Å²) in [7, 11) is 1.58. The normalized spacial score (nSPS) is 11.2. The summed E-state index contributed by atoms with van der Waals surface area (Å²) in [6, 6.07) is 1.75. The highest BCUT2D eigenvalue weighted by atomic mass is 16.5. The first-order valence-corrected chi connectivity index (χ1v) is 5.31. The van der Waals surface area contributed by atoms with E-state index in [0.29, 0.717) is 19.0 Å². The van der Waals surface area contributed by atoms with E-state index >= 15 is 0 Å². The van der Waals surface area contributed by atoms with Gasteiger partial charge in [-0.25, -0.2) is 9.97 Å². The molecule has 0 aliphatic rings. The molecule has 5 nitrogen and oxygen atoms in total. The van der Waals surface area contributed by atoms with Crippen LogP contribution in [-0.2, 0) is 4.74 Å². The minimum Gasteiger partial charge on any atom is -0.481 e. The molecular formula is C11H19N3O2. The van der Waals surface area contributed by atoms with Gasteiger partial charge in [-0.1, -0.05) is 0 Å². The van der Waals surface area contributed by atoms with Gasteiger partial charge in [0.1, 0.15) is 12.1 Å². The molecule has 0 aliphatic carbocycles. The fourth-order valence-electron chi connectivity index (χ4n) is 1.29. The standard InChI is InChI=1S/C11H19N3O2/c1-5-16-11(2,3)7-12-9-6-10(15-4)14-8-13-9/h6,8H,5,7H2,1-4H3,(H,12,13,14). The molecule has 16 heavy (non-hydrogen) atoms. The van der Waals surface area contributed by atoms with Gasteiger partial charge in [0.2, 0.25) is 5.88 Å². The van der Waals surface area contributed by atoms with Gasteiger partial charge < -0.3 is 14.8 Å². The molecule has 90 valence electrons. The molecule has 0 spiro atoms. The van der Waals surface area contributed by atoms with Crippen LogP contribution in [0.15, 0.2) is 12.4 Å². The quantitative estimate of drug-likeness (QED) is 0.798. The van der Waals surface area contributed by atoms with Crippen LogP contribution < -0.4 is 10.1 Å². The summed E-state index contributed by atoms with van der Waals surface area (Å²) < 4.78 is 10.6. The SMILES string of the molecule is CCOC(C)(C)CNc1cc(OC)ncn1. The van der Waals surface area contributed by atoms with Crippen LogP contribution in [0.2, 0.25) is 0 Å². The number of nitrogens with one attached hydrogen (secondary N) is 1. The largest absolute Gasteiger partial charge is 0.481 e. The average Bonchev–Trinajstić information content (AvgIpc) is 2.27. The number of hydrogen-bond donors (Lipinski definition) is 1. The number of rotatable bonds is 6. The van der Waals surface area contributed by atoms with Crippen LogP contribution in [0.3, 0.4) is 0 Å². The van der Waals surface area contributed by atoms with Crippen molar-refractivity contribution in [2.45, 2.75) is 26.4 Å². The predicted molar refractivity (Wildman–Crippen MR) is 62.8 cm³/mol. The van der Waals surface area contributed by atoms with Gasteiger partial charge in [-0.05, 0) is 20.8 Å². The van der Waals surface area contributed by atoms with Crippen molar-refractivity contribution in [1.82, 2.24) is 9.97 Å². The van der Waals surface area contributed by atoms with Crippen molar-refractivity contribution in [3.8, 4) is 5.88 Å². The molecule has 0 radical (unpaired) electrons. The molecule has 0 saturated carbocycles. The second-order valence-corrected chi connectivity index (χ2v) is 3.99. The van der Waals surface area contributed by atoms with Gasteiger partial charge in [0.05, 0.1) is 12.7 Å². The van der Waals surface area contributed by atoms with E-state index in [1.54, 1.807) is 13.2 Å². The van der Waals surface area contributed by atoms with Crippen molar-refractivity contribution >= 4 is 5.82 Å². The number of anilines is 1. The van der Waals surface area contributed by atoms with E-state index in [4.69, 9.17) is 9.47 Å². The molecule has 0 fully saturated rings. The van der Waals surface area contributed by atoms with Gasteiger partial charge in [-0.3, -0.25) is 0 Å². The van der Waals surface area contributed by atoms with Gasteiger partial charge >= 0.3 is 0 Å². The van der Waals surface area contributed by atoms with E-state index in [9.17, 15) is 0 Å². The second-order valence-electron chi connectivity index (χ2n) is 3.99. The Balaban J connectivity index is 2.53. The zero-order valence-corrected chi connectivity index (χ0v) is 10.3. The number of ether oxygens (including phenoxy) is 2. The lowest BCUT2D eigenvalue weighted by Gasteiger charge is -2.25. The Morgan fingerprint density at radius 2 is 2.12 bits per heavy atom. The Morgan fingerprint density at radius 1 is 1.38 bits per heavy atom. The monoisotopic (exact) mass is 225 g/mol. The van der Waals surface area contributed by atoms with Crippen LogP contribution in [0.4, 0.5) is 5.82 Å². The summed E-state index contributed by atoms with van der Waals surface area (Å²) >= 11 is 0. The number of aromatic nitrogens is 2. The van der Waals surface area contributed by atoms with Gasteiger partial charge in [0.25, 0.3) is 0 Å². The molecule has 1 aromatic heterocycles. The Bertz CT molecular complexity index is 329. The third-order valence-electron chi connectivity index (χ3n) is 2.08. The predicted octanol–water partition coefficient (Wildman–Crippen LogP) is 1.71. The lowest BCUT2D eigenvalue weighted by atomic mass is 10.1. The van der Waals surface area contributed by atoms with E-state index in [0.717, 1.165) is 5.82 Å². The van der Waals surface area contributed by atoms with E-state index < -0.39 is 0 Å². The van der Waals surface area contributed by atoms with Gasteiger partial charge in [-0.2, -0.15) is 0 Å². The third kappa shape index (κ3) is 4.02. The number of methoxy groups -OCH3 is 1. The molecule has 1 rings (SSSR count). The van der Waals surface area contributed by atoms with Crippen molar-refractivity contribution in [2.75, 3.05) is 25.6 Å². The molecule has 1 N–H and O–H groups in total. The topological polar surface area (TPSA) is 56.3 Å². The Hall–Kier alpha value is -1.36. The fraction of sp³-hybridized carbons (Fsp3) is 0.636. The van der Waals surface area contributed by atoms with Crippen molar-refractivity contribution in [3.05, 3.63) is 12.4 Å². The molecule has 0 bridgehead atoms. The van der Waals surface area contributed by atoms with Crippen LogP contribution in [0.1, 0.15) is 20.8 Å². The zero-order chi connectivity index (χ0) is 12.0. The van der Waals surface area contributed by atoms with Crippen LogP contribution in [-0.4, -0.2) is 35.8 Å². The fourth-order valence-corrected chi connectivity index (χ4v) is 1.29. The highest BCUT2D eigenvalue weighted by Gasteiger charge is 2.17. The van der Waals surface area contributed by atoms with E-state index in [-0.39, 0.29) is 5.60 Å². The van der Waals surface area contributed by atoms with E-state index in [1.165, 1.54) is 6.33 Å². The first-order valence-electron chi connectivity index (χ1n) is 5.31. The minimum absolute atomic E-state index is 0.215. The summed E-state index contributed by atoms with van der Waals surface area (Å²) in [5.74, 6) is 1.28. The first-order chi connectivity index (χ1) is 7.57. The first kappa shape index (κ1) is 12.7. The molecule has 0 saturated heterocycles. The summed E-state index contributed by atoms with van der Waals surface area (Å²) in [5, 5.41) is 3.19. The van der Waals surface area contributed by atoms with Crippen LogP contribution in [0.25, 0.3) is 0 Å². The van der Waals surface area contributed by atoms with Crippen LogP contribution in [0, 0.1) is 0 Å². The molecule has 5 heteroatoms. The van der Waals surface area contributed by atoms with Crippen molar-refractivity contribution in [1.29, 1.82) is 0 Å². The molecule has 0 amide bonds. The Morgan fingerprint density at radius 3 is 2.75 bits per heavy atom. The van der Waals surface area contributed by atoms with E-state index in [1.807, 2.05) is 20.8 Å². The zero-order valence-electron chi connectivity index (χ0n) is 10.3. The molecule has 0 aromatic carbocycles. The lowest BCUT2D eigenvalue weighted by Crippen LogP contribution is -2.33. The molecule has 1 heterocycles. The van der Waals surface area contributed by atoms with Crippen LogP contribution in [0.5, 0.6) is 5.88 Å². The average molecular weight is 225 g/mol. The summed E-state index contributed by atoms with van der Waals surface area (Å²) in [6.07, 6.45) is 1.47. The second kappa shape index (κ2) is 5.65. The third-order valence-corrected chi connectivity index (χ3v) is 2.08.